The van der Waals surface area contributed by atoms with E-state index in [0.717, 1.165) is 11.3 Å². The van der Waals surface area contributed by atoms with Crippen molar-refractivity contribution in [2.75, 3.05) is 17.6 Å². The second-order valence-electron chi connectivity index (χ2n) is 4.26. The van der Waals surface area contributed by atoms with Gasteiger partial charge in [0, 0.05) is 6.54 Å². The molecule has 0 aliphatic heterocycles. The third kappa shape index (κ3) is 3.26. The highest BCUT2D eigenvalue weighted by atomic mass is 16.3. The SMILES string of the molecule is Cc1ccc(N)c(NCC(C)(C)O)c1. The number of nitrogen functional groups attached to an aromatic ring is 1. The Morgan fingerprint density at radius 2 is 2.07 bits per heavy atom. The van der Waals surface area contributed by atoms with Gasteiger partial charge < -0.3 is 16.2 Å². The van der Waals surface area contributed by atoms with Crippen LogP contribution in [0.3, 0.4) is 0 Å². The maximum atomic E-state index is 9.54. The van der Waals surface area contributed by atoms with Crippen molar-refractivity contribution in [3.8, 4) is 0 Å². The second-order valence-corrected chi connectivity index (χ2v) is 4.26. The second kappa shape index (κ2) is 3.88. The molecule has 1 aromatic rings. The van der Waals surface area contributed by atoms with E-state index in [9.17, 15) is 5.11 Å². The number of hydrogen-bond donors (Lipinski definition) is 3. The number of nitrogens with two attached hydrogens (primary N) is 1. The lowest BCUT2D eigenvalue weighted by molar-refractivity contribution is 0.0945. The quantitative estimate of drug-likeness (QED) is 0.643. The first-order valence-electron chi connectivity index (χ1n) is 4.71. The summed E-state index contributed by atoms with van der Waals surface area (Å²) in [6, 6.07) is 5.80. The highest BCUT2D eigenvalue weighted by Crippen LogP contribution is 2.20. The zero-order valence-corrected chi connectivity index (χ0v) is 8.96. The molecule has 4 N–H and O–H groups in total. The standard InChI is InChI=1S/C11H18N2O/c1-8-4-5-9(12)10(6-8)13-7-11(2,3)14/h4-6,13-14H,7,12H2,1-3H3. The lowest BCUT2D eigenvalue weighted by Gasteiger charge is -2.19. The normalized spacial score (nSPS) is 11.4. The van der Waals surface area contributed by atoms with Crippen LogP contribution in [0, 0.1) is 6.92 Å². The van der Waals surface area contributed by atoms with Crippen LogP contribution >= 0.6 is 0 Å². The van der Waals surface area contributed by atoms with Crippen molar-refractivity contribution in [1.29, 1.82) is 0 Å². The fourth-order valence-electron chi connectivity index (χ4n) is 1.13. The maximum Gasteiger partial charge on any atom is 0.0763 e. The van der Waals surface area contributed by atoms with Gasteiger partial charge in [-0.3, -0.25) is 0 Å². The van der Waals surface area contributed by atoms with E-state index in [-0.39, 0.29) is 0 Å². The van der Waals surface area contributed by atoms with Gasteiger partial charge in [-0.2, -0.15) is 0 Å². The van der Waals surface area contributed by atoms with E-state index < -0.39 is 5.60 Å². The van der Waals surface area contributed by atoms with Crippen LogP contribution < -0.4 is 11.1 Å². The largest absolute Gasteiger partial charge is 0.397 e. The van der Waals surface area contributed by atoms with Crippen molar-refractivity contribution in [3.05, 3.63) is 23.8 Å². The molecule has 0 atom stereocenters. The van der Waals surface area contributed by atoms with Crippen LogP contribution in [0.2, 0.25) is 0 Å². The summed E-state index contributed by atoms with van der Waals surface area (Å²) in [5, 5.41) is 12.7. The van der Waals surface area contributed by atoms with Crippen LogP contribution in [0.5, 0.6) is 0 Å². The molecule has 14 heavy (non-hydrogen) atoms. The molecule has 0 amide bonds. The summed E-state index contributed by atoms with van der Waals surface area (Å²) in [6.07, 6.45) is 0. The van der Waals surface area contributed by atoms with Crippen LogP contribution in [0.25, 0.3) is 0 Å². The molecule has 0 saturated heterocycles. The van der Waals surface area contributed by atoms with Crippen molar-refractivity contribution < 1.29 is 5.11 Å². The molecular weight excluding hydrogens is 176 g/mol. The van der Waals surface area contributed by atoms with Crippen molar-refractivity contribution in [1.82, 2.24) is 0 Å². The van der Waals surface area contributed by atoms with Crippen LogP contribution in [-0.2, 0) is 0 Å². The monoisotopic (exact) mass is 194 g/mol. The van der Waals surface area contributed by atoms with Crippen molar-refractivity contribution in [2.45, 2.75) is 26.4 Å². The first-order valence-corrected chi connectivity index (χ1v) is 4.71. The molecule has 3 nitrogen and oxygen atoms in total. The summed E-state index contributed by atoms with van der Waals surface area (Å²) < 4.78 is 0. The predicted octanol–water partition coefficient (Wildman–Crippen LogP) is 1.76. The molecule has 0 aliphatic carbocycles. The van der Waals surface area contributed by atoms with Crippen LogP contribution in [-0.4, -0.2) is 17.3 Å². The zero-order chi connectivity index (χ0) is 10.8. The molecule has 1 aromatic carbocycles. The number of hydrogen-bond acceptors (Lipinski definition) is 3. The van der Waals surface area contributed by atoms with E-state index in [1.807, 2.05) is 25.1 Å². The summed E-state index contributed by atoms with van der Waals surface area (Å²) >= 11 is 0. The third-order valence-electron chi connectivity index (χ3n) is 1.92. The van der Waals surface area contributed by atoms with E-state index in [0.29, 0.717) is 12.2 Å². The number of aliphatic hydroxyl groups is 1. The van der Waals surface area contributed by atoms with E-state index >= 15 is 0 Å². The van der Waals surface area contributed by atoms with Gasteiger partial charge in [-0.1, -0.05) is 6.07 Å². The first kappa shape index (κ1) is 10.9. The minimum Gasteiger partial charge on any atom is -0.397 e. The Morgan fingerprint density at radius 1 is 1.43 bits per heavy atom. The zero-order valence-electron chi connectivity index (χ0n) is 8.96. The van der Waals surface area contributed by atoms with Gasteiger partial charge in [-0.05, 0) is 38.5 Å². The third-order valence-corrected chi connectivity index (χ3v) is 1.92. The Hall–Kier alpha value is -1.22. The van der Waals surface area contributed by atoms with Gasteiger partial charge >= 0.3 is 0 Å². The van der Waals surface area contributed by atoms with Gasteiger partial charge in [-0.25, -0.2) is 0 Å². The highest BCUT2D eigenvalue weighted by molar-refractivity contribution is 5.66. The Kier molecular flexibility index (Phi) is 3.01. The molecule has 0 aromatic heterocycles. The minimum atomic E-state index is -0.726. The van der Waals surface area contributed by atoms with Gasteiger partial charge in [0.05, 0.1) is 17.0 Å². The predicted molar refractivity (Wildman–Crippen MR) is 60.4 cm³/mol. The van der Waals surface area contributed by atoms with Crippen LogP contribution in [0.1, 0.15) is 19.4 Å². The van der Waals surface area contributed by atoms with Crippen LogP contribution in [0.15, 0.2) is 18.2 Å². The first-order chi connectivity index (χ1) is 6.38. The smallest absolute Gasteiger partial charge is 0.0763 e. The van der Waals surface area contributed by atoms with E-state index in [1.54, 1.807) is 13.8 Å². The fourth-order valence-corrected chi connectivity index (χ4v) is 1.13. The number of rotatable bonds is 3. The molecule has 0 bridgehead atoms. The van der Waals surface area contributed by atoms with Crippen LogP contribution in [0.4, 0.5) is 11.4 Å². The average molecular weight is 194 g/mol. The molecule has 78 valence electrons. The van der Waals surface area contributed by atoms with Crippen molar-refractivity contribution in [2.24, 2.45) is 0 Å². The van der Waals surface area contributed by atoms with E-state index in [4.69, 9.17) is 5.73 Å². The Labute approximate surface area is 84.9 Å². The number of nitrogens with one attached hydrogen (secondary N) is 1. The lowest BCUT2D eigenvalue weighted by Crippen LogP contribution is -2.29. The summed E-state index contributed by atoms with van der Waals surface area (Å²) in [5.74, 6) is 0. The molecule has 0 spiro atoms. The van der Waals surface area contributed by atoms with Crippen molar-refractivity contribution >= 4 is 11.4 Å². The topological polar surface area (TPSA) is 58.3 Å². The number of aryl methyl sites for hydroxylation is 1. The molecule has 0 unspecified atom stereocenters. The molecular formula is C11H18N2O. The van der Waals surface area contributed by atoms with Gasteiger partial charge in [0.25, 0.3) is 0 Å². The van der Waals surface area contributed by atoms with Gasteiger partial charge in [0.15, 0.2) is 0 Å². The molecule has 0 heterocycles. The number of benzene rings is 1. The summed E-state index contributed by atoms with van der Waals surface area (Å²) in [5.41, 5.74) is 7.79. The molecule has 0 saturated carbocycles. The molecule has 0 fully saturated rings. The highest BCUT2D eigenvalue weighted by Gasteiger charge is 2.12. The molecule has 1 rings (SSSR count). The molecule has 0 radical (unpaired) electrons. The number of anilines is 2. The molecule has 0 aliphatic rings. The van der Waals surface area contributed by atoms with Crippen molar-refractivity contribution in [3.63, 3.8) is 0 Å². The van der Waals surface area contributed by atoms with Gasteiger partial charge in [0.2, 0.25) is 0 Å². The minimum absolute atomic E-state index is 0.487. The van der Waals surface area contributed by atoms with Gasteiger partial charge in [0.1, 0.15) is 0 Å². The van der Waals surface area contributed by atoms with E-state index in [1.165, 1.54) is 0 Å². The Morgan fingerprint density at radius 3 is 2.64 bits per heavy atom. The van der Waals surface area contributed by atoms with E-state index in [2.05, 4.69) is 5.32 Å². The Bertz CT molecular complexity index is 316. The fraction of sp³-hybridized carbons (Fsp3) is 0.455. The Balaban J connectivity index is 2.72. The summed E-state index contributed by atoms with van der Waals surface area (Å²) in [7, 11) is 0. The molecule has 3 heteroatoms. The average Bonchev–Trinajstić information content (AvgIpc) is 2.05. The summed E-state index contributed by atoms with van der Waals surface area (Å²) in [6.45, 7) is 6.01. The van der Waals surface area contributed by atoms with Gasteiger partial charge in [-0.15, -0.1) is 0 Å². The maximum absolute atomic E-state index is 9.54. The lowest BCUT2D eigenvalue weighted by atomic mass is 10.1. The summed E-state index contributed by atoms with van der Waals surface area (Å²) in [4.78, 5) is 0.